The molecule has 0 bridgehead atoms. The van der Waals surface area contributed by atoms with E-state index in [9.17, 15) is 4.79 Å². The summed E-state index contributed by atoms with van der Waals surface area (Å²) in [5.41, 5.74) is 2.32. The lowest BCUT2D eigenvalue weighted by Gasteiger charge is -2.10. The van der Waals surface area contributed by atoms with E-state index in [1.165, 1.54) is 0 Å². The molecule has 0 fully saturated rings. The number of anilines is 1. The number of hydrogen-bond donors (Lipinski definition) is 1. The van der Waals surface area contributed by atoms with Crippen LogP contribution in [0.2, 0.25) is 15.1 Å². The molecule has 1 N–H and O–H groups in total. The van der Waals surface area contributed by atoms with Crippen molar-refractivity contribution in [3.63, 3.8) is 0 Å². The molecule has 0 aliphatic rings. The number of ether oxygens (including phenoxy) is 1. The Morgan fingerprint density at radius 1 is 1.00 bits per heavy atom. The number of benzene rings is 3. The second-order valence-electron chi connectivity index (χ2n) is 6.09. The maximum absolute atomic E-state index is 12.3. The summed E-state index contributed by atoms with van der Waals surface area (Å²) in [5, 5.41) is 4.09. The molecule has 0 spiro atoms. The maximum atomic E-state index is 12.3. The molecular weight excluding hydrogens is 435 g/mol. The summed E-state index contributed by atoms with van der Waals surface area (Å²) in [5.74, 6) is 0.435. The quantitative estimate of drug-likeness (QED) is 0.381. The predicted octanol–water partition coefficient (Wildman–Crippen LogP) is 6.47. The summed E-state index contributed by atoms with van der Waals surface area (Å²) >= 11 is 18.2. The summed E-state index contributed by atoms with van der Waals surface area (Å²) in [6, 6.07) is 17.2. The van der Waals surface area contributed by atoms with Gasteiger partial charge in [0.15, 0.2) is 12.2 Å². The SMILES string of the molecule is O=C(COc1ccccc1Cl)Nc1cc(-c2nc3cc(Cl)ccc3o2)ccc1Cl. The number of hydrogen-bond acceptors (Lipinski definition) is 4. The van der Waals surface area contributed by atoms with Crippen LogP contribution in [0.4, 0.5) is 5.69 Å². The Labute approximate surface area is 181 Å². The minimum Gasteiger partial charge on any atom is -0.482 e. The Kier molecular flexibility index (Phi) is 5.62. The number of carbonyl (C=O) groups is 1. The van der Waals surface area contributed by atoms with Crippen molar-refractivity contribution in [3.8, 4) is 17.2 Å². The molecule has 1 amide bonds. The Hall–Kier alpha value is -2.73. The monoisotopic (exact) mass is 446 g/mol. The van der Waals surface area contributed by atoms with Crippen LogP contribution in [0.25, 0.3) is 22.6 Å². The van der Waals surface area contributed by atoms with Crippen LogP contribution in [-0.2, 0) is 4.79 Å². The highest BCUT2D eigenvalue weighted by molar-refractivity contribution is 6.34. The summed E-state index contributed by atoms with van der Waals surface area (Å²) in [7, 11) is 0. The average molecular weight is 448 g/mol. The fraction of sp³-hybridized carbons (Fsp3) is 0.0476. The van der Waals surface area contributed by atoms with Gasteiger partial charge < -0.3 is 14.5 Å². The largest absolute Gasteiger partial charge is 0.482 e. The van der Waals surface area contributed by atoms with E-state index in [2.05, 4.69) is 10.3 Å². The first kappa shape index (κ1) is 19.6. The van der Waals surface area contributed by atoms with Gasteiger partial charge in [0.1, 0.15) is 11.3 Å². The zero-order valence-corrected chi connectivity index (χ0v) is 17.1. The van der Waals surface area contributed by atoms with Crippen molar-refractivity contribution in [3.05, 3.63) is 75.7 Å². The van der Waals surface area contributed by atoms with Gasteiger partial charge in [0.25, 0.3) is 5.91 Å². The van der Waals surface area contributed by atoms with Gasteiger partial charge in [-0.3, -0.25) is 4.79 Å². The molecule has 146 valence electrons. The second kappa shape index (κ2) is 8.33. The highest BCUT2D eigenvalue weighted by Crippen LogP contribution is 2.31. The summed E-state index contributed by atoms with van der Waals surface area (Å²) in [6.45, 7) is -0.217. The van der Waals surface area contributed by atoms with E-state index in [1.54, 1.807) is 60.7 Å². The van der Waals surface area contributed by atoms with Crippen molar-refractivity contribution in [2.24, 2.45) is 0 Å². The van der Waals surface area contributed by atoms with Crippen molar-refractivity contribution in [1.29, 1.82) is 0 Å². The maximum Gasteiger partial charge on any atom is 0.262 e. The molecule has 0 saturated heterocycles. The molecule has 1 heterocycles. The van der Waals surface area contributed by atoms with Crippen LogP contribution in [0, 0.1) is 0 Å². The molecule has 0 atom stereocenters. The lowest BCUT2D eigenvalue weighted by Crippen LogP contribution is -2.20. The number of rotatable bonds is 5. The molecule has 5 nitrogen and oxygen atoms in total. The Morgan fingerprint density at radius 2 is 1.83 bits per heavy atom. The summed E-state index contributed by atoms with van der Waals surface area (Å²) in [4.78, 5) is 16.7. The summed E-state index contributed by atoms with van der Waals surface area (Å²) in [6.07, 6.45) is 0. The lowest BCUT2D eigenvalue weighted by molar-refractivity contribution is -0.118. The normalized spacial score (nSPS) is 10.9. The van der Waals surface area contributed by atoms with Crippen molar-refractivity contribution in [2.75, 3.05) is 11.9 Å². The van der Waals surface area contributed by atoms with E-state index in [1.807, 2.05) is 0 Å². The van der Waals surface area contributed by atoms with Crippen molar-refractivity contribution < 1.29 is 13.9 Å². The van der Waals surface area contributed by atoms with Gasteiger partial charge in [0.2, 0.25) is 5.89 Å². The van der Waals surface area contributed by atoms with Gasteiger partial charge in [-0.05, 0) is 48.5 Å². The third-order valence-electron chi connectivity index (χ3n) is 4.03. The number of fused-ring (bicyclic) bond motifs is 1. The first-order chi connectivity index (χ1) is 14.0. The zero-order valence-electron chi connectivity index (χ0n) is 14.8. The molecule has 0 radical (unpaired) electrons. The predicted molar refractivity (Wildman–Crippen MR) is 115 cm³/mol. The minimum atomic E-state index is -0.381. The number of oxazole rings is 1. The van der Waals surface area contributed by atoms with Crippen molar-refractivity contribution in [1.82, 2.24) is 4.98 Å². The van der Waals surface area contributed by atoms with E-state index < -0.39 is 0 Å². The zero-order chi connectivity index (χ0) is 20.4. The van der Waals surface area contributed by atoms with Crippen LogP contribution in [0.5, 0.6) is 5.75 Å². The van der Waals surface area contributed by atoms with E-state index >= 15 is 0 Å². The molecule has 4 aromatic rings. The lowest BCUT2D eigenvalue weighted by atomic mass is 10.2. The van der Waals surface area contributed by atoms with Gasteiger partial charge in [-0.25, -0.2) is 4.98 Å². The average Bonchev–Trinajstić information content (AvgIpc) is 3.12. The molecular formula is C21H13Cl3N2O3. The molecule has 8 heteroatoms. The van der Waals surface area contributed by atoms with E-state index in [0.717, 1.165) is 0 Å². The minimum absolute atomic E-state index is 0.217. The van der Waals surface area contributed by atoms with Gasteiger partial charge in [-0.1, -0.05) is 46.9 Å². The van der Waals surface area contributed by atoms with Crippen LogP contribution >= 0.6 is 34.8 Å². The number of carbonyl (C=O) groups excluding carboxylic acids is 1. The van der Waals surface area contributed by atoms with Gasteiger partial charge in [-0.2, -0.15) is 0 Å². The van der Waals surface area contributed by atoms with Gasteiger partial charge in [0.05, 0.1) is 15.7 Å². The van der Waals surface area contributed by atoms with Gasteiger partial charge in [-0.15, -0.1) is 0 Å². The first-order valence-corrected chi connectivity index (χ1v) is 9.66. The number of nitrogens with zero attached hydrogens (tertiary/aromatic N) is 1. The third-order valence-corrected chi connectivity index (χ3v) is 4.91. The molecule has 0 aliphatic carbocycles. The Bertz CT molecular complexity index is 1210. The second-order valence-corrected chi connectivity index (χ2v) is 7.34. The van der Waals surface area contributed by atoms with E-state index in [-0.39, 0.29) is 12.5 Å². The van der Waals surface area contributed by atoms with E-state index in [4.69, 9.17) is 44.0 Å². The van der Waals surface area contributed by atoms with Gasteiger partial charge >= 0.3 is 0 Å². The summed E-state index contributed by atoms with van der Waals surface area (Å²) < 4.78 is 11.2. The number of aromatic nitrogens is 1. The molecule has 4 rings (SSSR count). The van der Waals surface area contributed by atoms with Gasteiger partial charge in [0, 0.05) is 10.6 Å². The highest BCUT2D eigenvalue weighted by Gasteiger charge is 2.13. The molecule has 29 heavy (non-hydrogen) atoms. The molecule has 0 aliphatic heterocycles. The number of amides is 1. The molecule has 1 aromatic heterocycles. The van der Waals surface area contributed by atoms with Crippen LogP contribution in [0.1, 0.15) is 0 Å². The first-order valence-electron chi connectivity index (χ1n) is 8.53. The number of halogens is 3. The van der Waals surface area contributed by atoms with Crippen molar-refractivity contribution >= 4 is 57.5 Å². The smallest absolute Gasteiger partial charge is 0.262 e. The fourth-order valence-corrected chi connectivity index (χ4v) is 3.19. The standard InChI is InChI=1S/C21H13Cl3N2O3/c22-13-6-8-19-17(10-13)26-21(29-19)12-5-7-14(23)16(9-12)25-20(27)11-28-18-4-2-1-3-15(18)24/h1-10H,11H2,(H,25,27). The third kappa shape index (κ3) is 4.48. The van der Waals surface area contributed by atoms with Crippen LogP contribution in [0.3, 0.4) is 0 Å². The van der Waals surface area contributed by atoms with Crippen LogP contribution < -0.4 is 10.1 Å². The molecule has 0 saturated carbocycles. The van der Waals surface area contributed by atoms with Crippen molar-refractivity contribution in [2.45, 2.75) is 0 Å². The number of nitrogens with one attached hydrogen (secondary N) is 1. The van der Waals surface area contributed by atoms with E-state index in [0.29, 0.717) is 49.1 Å². The Morgan fingerprint density at radius 3 is 2.66 bits per heavy atom. The molecule has 0 unspecified atom stereocenters. The Balaban J connectivity index is 1.51. The van der Waals surface area contributed by atoms with Crippen LogP contribution in [-0.4, -0.2) is 17.5 Å². The number of para-hydroxylation sites is 1. The fourth-order valence-electron chi connectivity index (χ4n) is 2.67. The van der Waals surface area contributed by atoms with Crippen LogP contribution in [0.15, 0.2) is 65.1 Å². The topological polar surface area (TPSA) is 64.4 Å². The highest BCUT2D eigenvalue weighted by atomic mass is 35.5. The molecule has 3 aromatic carbocycles.